The van der Waals surface area contributed by atoms with Gasteiger partial charge in [-0.25, -0.2) is 9.78 Å². The molecule has 4 aromatic rings. The number of ether oxygens (including phenoxy) is 2. The summed E-state index contributed by atoms with van der Waals surface area (Å²) in [5.74, 6) is 0.195. The SMILES string of the molecule is CCC1Oc2ccc(-c3csc(-c4ccccc4)n3)cc2N(Cc2ccc(C(=O)OC)cc2)C1=O. The Labute approximate surface area is 207 Å². The third-order valence-electron chi connectivity index (χ3n) is 5.97. The lowest BCUT2D eigenvalue weighted by Crippen LogP contribution is -2.45. The van der Waals surface area contributed by atoms with Crippen molar-refractivity contribution in [3.05, 3.63) is 89.3 Å². The lowest BCUT2D eigenvalue weighted by molar-refractivity contribution is -0.126. The molecular weight excluding hydrogens is 460 g/mol. The lowest BCUT2D eigenvalue weighted by Gasteiger charge is -2.34. The van der Waals surface area contributed by atoms with Crippen molar-refractivity contribution < 1.29 is 19.1 Å². The van der Waals surface area contributed by atoms with Crippen molar-refractivity contribution in [3.63, 3.8) is 0 Å². The van der Waals surface area contributed by atoms with E-state index in [1.54, 1.807) is 28.4 Å². The van der Waals surface area contributed by atoms with Crippen LogP contribution in [0.1, 0.15) is 29.3 Å². The molecule has 1 atom stereocenters. The highest BCUT2D eigenvalue weighted by Gasteiger charge is 2.33. The highest BCUT2D eigenvalue weighted by Crippen LogP contribution is 2.39. The zero-order valence-corrected chi connectivity index (χ0v) is 20.2. The Balaban J connectivity index is 1.48. The van der Waals surface area contributed by atoms with Crippen LogP contribution in [0.15, 0.2) is 78.2 Å². The molecule has 2 heterocycles. The fourth-order valence-electron chi connectivity index (χ4n) is 4.07. The minimum atomic E-state index is -0.536. The lowest BCUT2D eigenvalue weighted by atomic mass is 10.1. The fourth-order valence-corrected chi connectivity index (χ4v) is 4.91. The number of hydrogen-bond acceptors (Lipinski definition) is 6. The van der Waals surface area contributed by atoms with Crippen molar-refractivity contribution in [2.75, 3.05) is 12.0 Å². The van der Waals surface area contributed by atoms with Gasteiger partial charge in [-0.05, 0) is 42.3 Å². The molecule has 3 aromatic carbocycles. The zero-order valence-electron chi connectivity index (χ0n) is 19.4. The number of benzene rings is 3. The summed E-state index contributed by atoms with van der Waals surface area (Å²) in [6, 6.07) is 23.0. The Morgan fingerprint density at radius 1 is 1.06 bits per heavy atom. The summed E-state index contributed by atoms with van der Waals surface area (Å²) < 4.78 is 10.8. The number of hydrogen-bond donors (Lipinski definition) is 0. The largest absolute Gasteiger partial charge is 0.478 e. The average Bonchev–Trinajstić information content (AvgIpc) is 3.41. The Hall–Kier alpha value is -3.97. The fraction of sp³-hybridized carbons (Fsp3) is 0.179. The van der Waals surface area contributed by atoms with E-state index in [1.165, 1.54) is 7.11 Å². The molecule has 1 aromatic heterocycles. The van der Waals surface area contributed by atoms with Gasteiger partial charge in [0.15, 0.2) is 6.10 Å². The summed E-state index contributed by atoms with van der Waals surface area (Å²) in [4.78, 5) is 31.6. The van der Waals surface area contributed by atoms with Gasteiger partial charge >= 0.3 is 5.97 Å². The van der Waals surface area contributed by atoms with E-state index in [0.717, 1.165) is 27.4 Å². The molecule has 6 nitrogen and oxygen atoms in total. The van der Waals surface area contributed by atoms with Crippen molar-refractivity contribution in [3.8, 4) is 27.6 Å². The minimum absolute atomic E-state index is 0.0857. The topological polar surface area (TPSA) is 68.7 Å². The first-order valence-electron chi connectivity index (χ1n) is 11.4. The molecule has 0 N–H and O–H groups in total. The first-order chi connectivity index (χ1) is 17.1. The third kappa shape index (κ3) is 4.55. The van der Waals surface area contributed by atoms with Gasteiger partial charge in [-0.15, -0.1) is 11.3 Å². The van der Waals surface area contributed by atoms with Gasteiger partial charge in [0.25, 0.3) is 5.91 Å². The van der Waals surface area contributed by atoms with Gasteiger partial charge in [0.1, 0.15) is 10.8 Å². The highest BCUT2D eigenvalue weighted by atomic mass is 32.1. The van der Waals surface area contributed by atoms with E-state index in [2.05, 4.69) is 0 Å². The zero-order chi connectivity index (χ0) is 24.4. The molecule has 0 fully saturated rings. The number of amides is 1. The maximum absolute atomic E-state index is 13.3. The van der Waals surface area contributed by atoms with Gasteiger partial charge in [0, 0.05) is 16.5 Å². The summed E-state index contributed by atoms with van der Waals surface area (Å²) >= 11 is 1.59. The number of fused-ring (bicyclic) bond motifs is 1. The Morgan fingerprint density at radius 2 is 1.83 bits per heavy atom. The predicted molar refractivity (Wildman–Crippen MR) is 137 cm³/mol. The molecule has 1 unspecified atom stereocenters. The van der Waals surface area contributed by atoms with E-state index in [1.807, 2.05) is 73.0 Å². The van der Waals surface area contributed by atoms with Crippen molar-refractivity contribution in [2.24, 2.45) is 0 Å². The van der Waals surface area contributed by atoms with Crippen LogP contribution in [0.5, 0.6) is 5.75 Å². The molecule has 1 amide bonds. The Kier molecular flexibility index (Phi) is 6.33. The van der Waals surface area contributed by atoms with Crippen LogP contribution in [0.4, 0.5) is 5.69 Å². The predicted octanol–water partition coefficient (Wildman–Crippen LogP) is 5.97. The van der Waals surface area contributed by atoms with E-state index in [4.69, 9.17) is 14.5 Å². The quantitative estimate of drug-likeness (QED) is 0.316. The van der Waals surface area contributed by atoms with E-state index >= 15 is 0 Å². The number of rotatable bonds is 6. The second kappa shape index (κ2) is 9.72. The minimum Gasteiger partial charge on any atom is -0.478 e. The summed E-state index contributed by atoms with van der Waals surface area (Å²) in [5, 5.41) is 2.97. The van der Waals surface area contributed by atoms with Gasteiger partial charge < -0.3 is 14.4 Å². The van der Waals surface area contributed by atoms with Crippen LogP contribution in [0, 0.1) is 0 Å². The number of nitrogens with zero attached hydrogens (tertiary/aromatic N) is 2. The summed E-state index contributed by atoms with van der Waals surface area (Å²) in [5.41, 5.74) is 4.92. The number of aromatic nitrogens is 1. The molecule has 0 saturated heterocycles. The first-order valence-corrected chi connectivity index (χ1v) is 12.3. The molecule has 35 heavy (non-hydrogen) atoms. The number of carbonyl (C=O) groups is 2. The second-order valence-corrected chi connectivity index (χ2v) is 9.07. The van der Waals surface area contributed by atoms with Crippen LogP contribution in [-0.2, 0) is 16.1 Å². The van der Waals surface area contributed by atoms with Crippen molar-refractivity contribution in [1.82, 2.24) is 4.98 Å². The molecule has 7 heteroatoms. The number of methoxy groups -OCH3 is 1. The standard InChI is InChI=1S/C28H24N2O4S/c1-3-24-27(31)30(16-18-9-11-20(12-10-18)28(32)33-2)23-15-21(13-14-25(23)34-24)22-17-35-26(29-22)19-7-5-4-6-8-19/h4-15,17,24H,3,16H2,1-2H3. The molecule has 0 aliphatic carbocycles. The molecule has 0 bridgehead atoms. The van der Waals surface area contributed by atoms with Crippen LogP contribution in [0.3, 0.4) is 0 Å². The van der Waals surface area contributed by atoms with Gasteiger partial charge in [-0.2, -0.15) is 0 Å². The van der Waals surface area contributed by atoms with E-state index < -0.39 is 12.1 Å². The van der Waals surface area contributed by atoms with Crippen molar-refractivity contribution in [1.29, 1.82) is 0 Å². The Morgan fingerprint density at radius 3 is 2.54 bits per heavy atom. The number of esters is 1. The molecule has 0 radical (unpaired) electrons. The molecule has 1 aliphatic rings. The maximum atomic E-state index is 13.3. The summed E-state index contributed by atoms with van der Waals surface area (Å²) in [6.07, 6.45) is 0.0382. The van der Waals surface area contributed by atoms with E-state index in [-0.39, 0.29) is 5.91 Å². The van der Waals surface area contributed by atoms with Crippen molar-refractivity contribution >= 4 is 28.9 Å². The van der Waals surface area contributed by atoms with Crippen LogP contribution in [0.2, 0.25) is 0 Å². The summed E-state index contributed by atoms with van der Waals surface area (Å²) in [7, 11) is 1.35. The average molecular weight is 485 g/mol. The van der Waals surface area contributed by atoms with Gasteiger partial charge in [0.05, 0.1) is 30.6 Å². The van der Waals surface area contributed by atoms with E-state index in [9.17, 15) is 9.59 Å². The molecule has 176 valence electrons. The number of thiazole rings is 1. The van der Waals surface area contributed by atoms with Crippen LogP contribution in [0.25, 0.3) is 21.8 Å². The maximum Gasteiger partial charge on any atom is 0.337 e. The van der Waals surface area contributed by atoms with E-state index in [0.29, 0.717) is 30.0 Å². The van der Waals surface area contributed by atoms with Gasteiger partial charge in [-0.3, -0.25) is 4.79 Å². The molecular formula is C28H24N2O4S. The smallest absolute Gasteiger partial charge is 0.337 e. The highest BCUT2D eigenvalue weighted by molar-refractivity contribution is 7.13. The third-order valence-corrected chi connectivity index (χ3v) is 6.86. The molecule has 5 rings (SSSR count). The molecule has 0 spiro atoms. The van der Waals surface area contributed by atoms with Crippen molar-refractivity contribution in [2.45, 2.75) is 26.0 Å². The first kappa shape index (κ1) is 22.8. The normalized spacial score (nSPS) is 14.9. The van der Waals surface area contributed by atoms with Crippen LogP contribution >= 0.6 is 11.3 Å². The van der Waals surface area contributed by atoms with Crippen LogP contribution in [-0.4, -0.2) is 30.1 Å². The summed E-state index contributed by atoms with van der Waals surface area (Å²) in [6.45, 7) is 2.30. The van der Waals surface area contributed by atoms with Crippen LogP contribution < -0.4 is 9.64 Å². The number of anilines is 1. The number of carbonyl (C=O) groups excluding carboxylic acids is 2. The Bertz CT molecular complexity index is 1370. The molecule has 0 saturated carbocycles. The molecule has 1 aliphatic heterocycles. The van der Waals surface area contributed by atoms with Gasteiger partial charge in [-0.1, -0.05) is 49.4 Å². The second-order valence-electron chi connectivity index (χ2n) is 8.21. The van der Waals surface area contributed by atoms with Gasteiger partial charge in [0.2, 0.25) is 0 Å². The monoisotopic (exact) mass is 484 g/mol.